The van der Waals surface area contributed by atoms with Crippen LogP contribution >= 0.6 is 0 Å². The van der Waals surface area contributed by atoms with Gasteiger partial charge >= 0.3 is 0 Å². The van der Waals surface area contributed by atoms with Crippen LogP contribution in [0.5, 0.6) is 0 Å². The van der Waals surface area contributed by atoms with E-state index in [1.54, 1.807) is 0 Å². The highest BCUT2D eigenvalue weighted by molar-refractivity contribution is 4.78. The number of piperidine rings is 1. The predicted molar refractivity (Wildman–Crippen MR) is 57.7 cm³/mol. The molecule has 0 bridgehead atoms. The first-order valence-corrected chi connectivity index (χ1v) is 5.57. The van der Waals surface area contributed by atoms with Gasteiger partial charge in [-0.15, -0.1) is 0 Å². The van der Waals surface area contributed by atoms with E-state index in [0.29, 0.717) is 5.92 Å². The molecule has 1 heterocycles. The summed E-state index contributed by atoms with van der Waals surface area (Å²) in [6, 6.07) is 0.769. The van der Waals surface area contributed by atoms with Crippen LogP contribution < -0.4 is 5.73 Å². The predicted octanol–water partition coefficient (Wildman–Crippen LogP) is 1.70. The van der Waals surface area contributed by atoms with Gasteiger partial charge in [-0.1, -0.05) is 13.8 Å². The lowest BCUT2D eigenvalue weighted by Gasteiger charge is -2.38. The molecule has 2 heteroatoms. The van der Waals surface area contributed by atoms with Gasteiger partial charge in [0.25, 0.3) is 0 Å². The van der Waals surface area contributed by atoms with Crippen molar-refractivity contribution in [3.8, 4) is 0 Å². The zero-order valence-corrected chi connectivity index (χ0v) is 9.29. The van der Waals surface area contributed by atoms with E-state index in [1.165, 1.54) is 25.9 Å². The molecule has 0 aliphatic carbocycles. The van der Waals surface area contributed by atoms with Gasteiger partial charge in [0.15, 0.2) is 0 Å². The van der Waals surface area contributed by atoms with Crippen molar-refractivity contribution in [3.05, 3.63) is 0 Å². The third kappa shape index (κ3) is 3.28. The molecular weight excluding hydrogens is 160 g/mol. The van der Waals surface area contributed by atoms with Crippen molar-refractivity contribution >= 4 is 0 Å². The third-order valence-corrected chi connectivity index (χ3v) is 3.20. The van der Waals surface area contributed by atoms with Gasteiger partial charge < -0.3 is 10.6 Å². The molecule has 0 spiro atoms. The van der Waals surface area contributed by atoms with E-state index in [-0.39, 0.29) is 0 Å². The van der Waals surface area contributed by atoms with Crippen LogP contribution in [-0.2, 0) is 0 Å². The van der Waals surface area contributed by atoms with Crippen molar-refractivity contribution < 1.29 is 0 Å². The quantitative estimate of drug-likeness (QED) is 0.723. The summed E-state index contributed by atoms with van der Waals surface area (Å²) in [5.41, 5.74) is 5.64. The molecule has 0 aromatic heterocycles. The second-order valence-electron chi connectivity index (χ2n) is 4.83. The van der Waals surface area contributed by atoms with Gasteiger partial charge in [-0.3, -0.25) is 0 Å². The van der Waals surface area contributed by atoms with Gasteiger partial charge in [0, 0.05) is 19.1 Å². The molecule has 1 aliphatic rings. The lowest BCUT2D eigenvalue weighted by molar-refractivity contribution is 0.109. The van der Waals surface area contributed by atoms with E-state index in [0.717, 1.165) is 18.5 Å². The molecule has 0 aromatic carbocycles. The van der Waals surface area contributed by atoms with E-state index < -0.39 is 0 Å². The van der Waals surface area contributed by atoms with E-state index in [4.69, 9.17) is 5.73 Å². The van der Waals surface area contributed by atoms with Crippen molar-refractivity contribution in [2.75, 3.05) is 19.6 Å². The summed E-state index contributed by atoms with van der Waals surface area (Å²) >= 11 is 0. The standard InChI is InChI=1S/C11H24N2/c1-9-4-5-11(3)13(7-9)8-10(2)6-12/h9-11H,4-8,12H2,1-3H3. The maximum atomic E-state index is 5.64. The molecule has 0 aromatic rings. The van der Waals surface area contributed by atoms with Gasteiger partial charge in [0.1, 0.15) is 0 Å². The molecular formula is C11H24N2. The minimum atomic E-state index is 0.646. The van der Waals surface area contributed by atoms with E-state index >= 15 is 0 Å². The molecule has 1 saturated heterocycles. The SMILES string of the molecule is CC(CN)CN1CC(C)CCC1C. The average molecular weight is 184 g/mol. The molecule has 1 fully saturated rings. The molecule has 2 nitrogen and oxygen atoms in total. The molecule has 2 N–H and O–H groups in total. The summed E-state index contributed by atoms with van der Waals surface area (Å²) in [6.45, 7) is 10.2. The minimum Gasteiger partial charge on any atom is -0.330 e. The zero-order chi connectivity index (χ0) is 9.84. The largest absolute Gasteiger partial charge is 0.330 e. The molecule has 3 atom stereocenters. The lowest BCUT2D eigenvalue weighted by atomic mass is 9.94. The first-order chi connectivity index (χ1) is 6.13. The first kappa shape index (κ1) is 11.0. The minimum absolute atomic E-state index is 0.646. The highest BCUT2D eigenvalue weighted by atomic mass is 15.2. The van der Waals surface area contributed by atoms with E-state index in [9.17, 15) is 0 Å². The number of hydrogen-bond acceptors (Lipinski definition) is 2. The number of hydrogen-bond donors (Lipinski definition) is 1. The average Bonchev–Trinajstić information content (AvgIpc) is 2.11. The zero-order valence-electron chi connectivity index (χ0n) is 9.29. The highest BCUT2D eigenvalue weighted by Crippen LogP contribution is 2.21. The van der Waals surface area contributed by atoms with Gasteiger partial charge in [0.05, 0.1) is 0 Å². The van der Waals surface area contributed by atoms with Crippen LogP contribution in [0.25, 0.3) is 0 Å². The number of rotatable bonds is 3. The van der Waals surface area contributed by atoms with E-state index in [2.05, 4.69) is 25.7 Å². The second kappa shape index (κ2) is 4.97. The molecule has 78 valence electrons. The topological polar surface area (TPSA) is 29.3 Å². The highest BCUT2D eigenvalue weighted by Gasteiger charge is 2.23. The van der Waals surface area contributed by atoms with Crippen LogP contribution in [0.3, 0.4) is 0 Å². The fourth-order valence-electron chi connectivity index (χ4n) is 2.11. The Hall–Kier alpha value is -0.0800. The second-order valence-corrected chi connectivity index (χ2v) is 4.83. The molecule has 0 radical (unpaired) electrons. The first-order valence-electron chi connectivity index (χ1n) is 5.57. The summed E-state index contributed by atoms with van der Waals surface area (Å²) in [6.07, 6.45) is 2.76. The molecule has 1 rings (SSSR count). The van der Waals surface area contributed by atoms with Crippen molar-refractivity contribution in [2.24, 2.45) is 17.6 Å². The summed E-state index contributed by atoms with van der Waals surface area (Å²) in [5, 5.41) is 0. The summed E-state index contributed by atoms with van der Waals surface area (Å²) in [4.78, 5) is 2.60. The Morgan fingerprint density at radius 3 is 2.69 bits per heavy atom. The Labute approximate surface area is 82.5 Å². The summed E-state index contributed by atoms with van der Waals surface area (Å²) in [7, 11) is 0. The van der Waals surface area contributed by atoms with Crippen LogP contribution in [0, 0.1) is 11.8 Å². The Balaban J connectivity index is 2.37. The lowest BCUT2D eigenvalue weighted by Crippen LogP contribution is -2.44. The van der Waals surface area contributed by atoms with Crippen LogP contribution in [0.1, 0.15) is 33.6 Å². The summed E-state index contributed by atoms with van der Waals surface area (Å²) in [5.74, 6) is 1.52. The molecule has 1 aliphatic heterocycles. The van der Waals surface area contributed by atoms with Crippen molar-refractivity contribution in [3.63, 3.8) is 0 Å². The smallest absolute Gasteiger partial charge is 0.00672 e. The monoisotopic (exact) mass is 184 g/mol. The number of likely N-dealkylation sites (tertiary alicyclic amines) is 1. The molecule has 0 amide bonds. The number of nitrogens with two attached hydrogens (primary N) is 1. The van der Waals surface area contributed by atoms with Crippen molar-refractivity contribution in [1.82, 2.24) is 4.90 Å². The van der Waals surface area contributed by atoms with Crippen LogP contribution in [0.4, 0.5) is 0 Å². The maximum absolute atomic E-state index is 5.64. The maximum Gasteiger partial charge on any atom is 0.00672 e. The molecule has 3 unspecified atom stereocenters. The van der Waals surface area contributed by atoms with Gasteiger partial charge in [-0.2, -0.15) is 0 Å². The van der Waals surface area contributed by atoms with Gasteiger partial charge in [-0.25, -0.2) is 0 Å². The Morgan fingerprint density at radius 1 is 1.38 bits per heavy atom. The van der Waals surface area contributed by atoms with Crippen LogP contribution in [-0.4, -0.2) is 30.6 Å². The van der Waals surface area contributed by atoms with Crippen LogP contribution in [0.2, 0.25) is 0 Å². The fraction of sp³-hybridized carbons (Fsp3) is 1.00. The van der Waals surface area contributed by atoms with Gasteiger partial charge in [0.2, 0.25) is 0 Å². The Morgan fingerprint density at radius 2 is 2.08 bits per heavy atom. The van der Waals surface area contributed by atoms with E-state index in [1.807, 2.05) is 0 Å². The number of nitrogens with zero attached hydrogens (tertiary/aromatic N) is 1. The summed E-state index contributed by atoms with van der Waals surface area (Å²) < 4.78 is 0. The van der Waals surface area contributed by atoms with Crippen molar-refractivity contribution in [1.29, 1.82) is 0 Å². The molecule has 13 heavy (non-hydrogen) atoms. The Kier molecular flexibility index (Phi) is 4.20. The van der Waals surface area contributed by atoms with Crippen LogP contribution in [0.15, 0.2) is 0 Å². The third-order valence-electron chi connectivity index (χ3n) is 3.20. The fourth-order valence-corrected chi connectivity index (χ4v) is 2.11. The molecule has 0 saturated carbocycles. The van der Waals surface area contributed by atoms with Crippen molar-refractivity contribution in [2.45, 2.75) is 39.7 Å². The Bertz CT molecular complexity index is 147. The normalized spacial score (nSPS) is 33.2. The van der Waals surface area contributed by atoms with Gasteiger partial charge in [-0.05, 0) is 38.1 Å².